The number of hydrogen-bond donors (Lipinski definition) is 2. The first-order valence-electron chi connectivity index (χ1n) is 5.64. The highest BCUT2D eigenvalue weighted by molar-refractivity contribution is 5.46. The monoisotopic (exact) mass is 226 g/mol. The number of benzene rings is 1. The van der Waals surface area contributed by atoms with E-state index < -0.39 is 11.6 Å². The Morgan fingerprint density at radius 1 is 1.19 bits per heavy atom. The molecule has 0 radical (unpaired) electrons. The molecule has 1 aliphatic rings. The van der Waals surface area contributed by atoms with Crippen LogP contribution in [0.2, 0.25) is 0 Å². The fourth-order valence-corrected chi connectivity index (χ4v) is 2.15. The third kappa shape index (κ3) is 2.50. The van der Waals surface area contributed by atoms with E-state index in [2.05, 4.69) is 5.32 Å². The molecule has 2 nitrogen and oxygen atoms in total. The van der Waals surface area contributed by atoms with E-state index in [-0.39, 0.29) is 12.1 Å². The van der Waals surface area contributed by atoms with Gasteiger partial charge in [0.1, 0.15) is 11.6 Å². The second-order valence-electron chi connectivity index (χ2n) is 4.32. The van der Waals surface area contributed by atoms with Gasteiger partial charge in [-0.2, -0.15) is 0 Å². The lowest BCUT2D eigenvalue weighted by molar-refractivity contribution is 0.402. The maximum atomic E-state index is 13.4. The highest BCUT2D eigenvalue weighted by Gasteiger charge is 2.22. The molecule has 0 unspecified atom stereocenters. The van der Waals surface area contributed by atoms with Crippen LogP contribution >= 0.6 is 0 Å². The Hall–Kier alpha value is -1.16. The van der Waals surface area contributed by atoms with Crippen molar-refractivity contribution in [1.29, 1.82) is 0 Å². The third-order valence-electron chi connectivity index (χ3n) is 3.09. The van der Waals surface area contributed by atoms with Crippen molar-refractivity contribution in [2.24, 2.45) is 5.73 Å². The summed E-state index contributed by atoms with van der Waals surface area (Å²) in [6.45, 7) is 0. The average molecular weight is 226 g/mol. The molecule has 1 aliphatic carbocycles. The number of nitrogens with one attached hydrogen (secondary N) is 1. The van der Waals surface area contributed by atoms with Crippen LogP contribution in [-0.4, -0.2) is 12.1 Å². The molecule has 1 aromatic carbocycles. The van der Waals surface area contributed by atoms with E-state index in [9.17, 15) is 8.78 Å². The summed E-state index contributed by atoms with van der Waals surface area (Å²) >= 11 is 0. The van der Waals surface area contributed by atoms with E-state index in [0.717, 1.165) is 31.7 Å². The zero-order chi connectivity index (χ0) is 11.5. The van der Waals surface area contributed by atoms with Crippen LogP contribution < -0.4 is 11.1 Å². The summed E-state index contributed by atoms with van der Waals surface area (Å²) in [4.78, 5) is 0. The molecule has 0 aliphatic heterocycles. The van der Waals surface area contributed by atoms with Crippen LogP contribution in [0.25, 0.3) is 0 Å². The van der Waals surface area contributed by atoms with Crippen LogP contribution in [0.5, 0.6) is 0 Å². The van der Waals surface area contributed by atoms with Gasteiger partial charge in [0.25, 0.3) is 0 Å². The standard InChI is InChI=1S/C12H16F2N2/c13-8-5-6-11(9(14)7-8)16-12-4-2-1-3-10(12)15/h5-7,10,12,16H,1-4,15H2/t10-,12+/m1/s1. The van der Waals surface area contributed by atoms with Gasteiger partial charge in [-0.25, -0.2) is 8.78 Å². The molecule has 0 spiro atoms. The number of halogens is 2. The van der Waals surface area contributed by atoms with Crippen LogP contribution in [0.4, 0.5) is 14.5 Å². The molecule has 88 valence electrons. The van der Waals surface area contributed by atoms with Crippen molar-refractivity contribution in [3.63, 3.8) is 0 Å². The summed E-state index contributed by atoms with van der Waals surface area (Å²) in [5.41, 5.74) is 6.28. The van der Waals surface area contributed by atoms with Crippen LogP contribution in [0, 0.1) is 11.6 Å². The first-order chi connectivity index (χ1) is 7.66. The van der Waals surface area contributed by atoms with Crippen LogP contribution in [0.15, 0.2) is 18.2 Å². The Balaban J connectivity index is 2.07. The summed E-state index contributed by atoms with van der Waals surface area (Å²) < 4.78 is 26.1. The van der Waals surface area contributed by atoms with Gasteiger partial charge in [0.15, 0.2) is 0 Å². The molecule has 1 aromatic rings. The predicted octanol–water partition coefficient (Wildman–Crippen LogP) is 2.65. The predicted molar refractivity (Wildman–Crippen MR) is 60.2 cm³/mol. The summed E-state index contributed by atoms with van der Waals surface area (Å²) in [5.74, 6) is -1.12. The van der Waals surface area contributed by atoms with Crippen molar-refractivity contribution in [3.05, 3.63) is 29.8 Å². The Morgan fingerprint density at radius 3 is 2.62 bits per heavy atom. The van der Waals surface area contributed by atoms with Crippen molar-refractivity contribution < 1.29 is 8.78 Å². The molecule has 0 saturated heterocycles. The lowest BCUT2D eigenvalue weighted by Gasteiger charge is -2.30. The van der Waals surface area contributed by atoms with E-state index in [0.29, 0.717) is 5.69 Å². The maximum Gasteiger partial charge on any atom is 0.149 e. The van der Waals surface area contributed by atoms with Crippen LogP contribution in [0.1, 0.15) is 25.7 Å². The minimum absolute atomic E-state index is 0.0539. The molecule has 4 heteroatoms. The normalized spacial score (nSPS) is 25.4. The van der Waals surface area contributed by atoms with Crippen molar-refractivity contribution >= 4 is 5.69 Å². The molecule has 0 bridgehead atoms. The molecular weight excluding hydrogens is 210 g/mol. The fraction of sp³-hybridized carbons (Fsp3) is 0.500. The summed E-state index contributed by atoms with van der Waals surface area (Å²) in [6, 6.07) is 3.70. The lowest BCUT2D eigenvalue weighted by atomic mass is 9.91. The Morgan fingerprint density at radius 2 is 1.94 bits per heavy atom. The summed E-state index contributed by atoms with van der Waals surface area (Å²) in [6.07, 6.45) is 4.14. The van der Waals surface area contributed by atoms with Gasteiger partial charge in [-0.05, 0) is 25.0 Å². The topological polar surface area (TPSA) is 38.0 Å². The molecule has 2 rings (SSSR count). The van der Waals surface area contributed by atoms with E-state index in [1.54, 1.807) is 0 Å². The Kier molecular flexibility index (Phi) is 3.39. The van der Waals surface area contributed by atoms with E-state index >= 15 is 0 Å². The Labute approximate surface area is 93.8 Å². The number of nitrogens with two attached hydrogens (primary N) is 1. The third-order valence-corrected chi connectivity index (χ3v) is 3.09. The van der Waals surface area contributed by atoms with Gasteiger partial charge in [-0.15, -0.1) is 0 Å². The zero-order valence-electron chi connectivity index (χ0n) is 9.05. The van der Waals surface area contributed by atoms with Crippen LogP contribution in [0.3, 0.4) is 0 Å². The highest BCUT2D eigenvalue weighted by atomic mass is 19.1. The quantitative estimate of drug-likeness (QED) is 0.813. The van der Waals surface area contributed by atoms with Gasteiger partial charge < -0.3 is 11.1 Å². The van der Waals surface area contributed by atoms with E-state index in [4.69, 9.17) is 5.73 Å². The van der Waals surface area contributed by atoms with Crippen molar-refractivity contribution in [2.45, 2.75) is 37.8 Å². The first-order valence-corrected chi connectivity index (χ1v) is 5.64. The van der Waals surface area contributed by atoms with Crippen molar-refractivity contribution in [1.82, 2.24) is 0 Å². The van der Waals surface area contributed by atoms with Gasteiger partial charge >= 0.3 is 0 Å². The molecule has 1 fully saturated rings. The zero-order valence-corrected chi connectivity index (χ0v) is 9.05. The van der Waals surface area contributed by atoms with Crippen molar-refractivity contribution in [2.75, 3.05) is 5.32 Å². The first kappa shape index (κ1) is 11.3. The smallest absolute Gasteiger partial charge is 0.149 e. The van der Waals surface area contributed by atoms with Crippen LogP contribution in [-0.2, 0) is 0 Å². The van der Waals surface area contributed by atoms with E-state index in [1.165, 1.54) is 12.1 Å². The van der Waals surface area contributed by atoms with Gasteiger partial charge in [0.2, 0.25) is 0 Å². The molecule has 16 heavy (non-hydrogen) atoms. The fourth-order valence-electron chi connectivity index (χ4n) is 2.15. The second-order valence-corrected chi connectivity index (χ2v) is 4.32. The largest absolute Gasteiger partial charge is 0.378 e. The summed E-state index contributed by atoms with van der Waals surface area (Å²) in [7, 11) is 0. The number of anilines is 1. The van der Waals surface area contributed by atoms with E-state index in [1.807, 2.05) is 0 Å². The van der Waals surface area contributed by atoms with Crippen molar-refractivity contribution in [3.8, 4) is 0 Å². The maximum absolute atomic E-state index is 13.4. The Bertz CT molecular complexity index is 368. The molecule has 3 N–H and O–H groups in total. The van der Waals surface area contributed by atoms with Gasteiger partial charge in [-0.1, -0.05) is 12.8 Å². The minimum atomic E-state index is -0.559. The number of rotatable bonds is 2. The molecule has 0 aromatic heterocycles. The van der Waals surface area contributed by atoms with Gasteiger partial charge in [0.05, 0.1) is 5.69 Å². The molecule has 0 heterocycles. The SMILES string of the molecule is N[C@@H]1CCCC[C@@H]1Nc1ccc(F)cc1F. The molecular formula is C12H16F2N2. The second kappa shape index (κ2) is 4.78. The number of hydrogen-bond acceptors (Lipinski definition) is 2. The molecule has 0 amide bonds. The average Bonchev–Trinajstić information content (AvgIpc) is 2.25. The summed E-state index contributed by atoms with van der Waals surface area (Å²) in [5, 5.41) is 3.06. The molecule has 1 saturated carbocycles. The molecule has 2 atom stereocenters. The van der Waals surface area contributed by atoms with Gasteiger partial charge in [0, 0.05) is 18.2 Å². The highest BCUT2D eigenvalue weighted by Crippen LogP contribution is 2.23. The minimum Gasteiger partial charge on any atom is -0.378 e. The van der Waals surface area contributed by atoms with Gasteiger partial charge in [-0.3, -0.25) is 0 Å². The lowest BCUT2D eigenvalue weighted by Crippen LogP contribution is -2.42.